The van der Waals surface area contributed by atoms with Crippen molar-refractivity contribution in [2.75, 3.05) is 5.32 Å². The number of rotatable bonds is 4. The number of aliphatic hydroxyl groups is 2. The number of hydrogen-bond donors (Lipinski definition) is 3. The summed E-state index contributed by atoms with van der Waals surface area (Å²) in [5.41, 5.74) is 3.60. The maximum atomic E-state index is 12.8. The van der Waals surface area contributed by atoms with Crippen LogP contribution in [0.2, 0.25) is 0 Å². The van der Waals surface area contributed by atoms with E-state index in [1.165, 1.54) is 11.3 Å². The highest BCUT2D eigenvalue weighted by Gasteiger charge is 2.38. The molecule has 0 fully saturated rings. The van der Waals surface area contributed by atoms with Crippen molar-refractivity contribution >= 4 is 33.1 Å². The van der Waals surface area contributed by atoms with Crippen LogP contribution in [0.15, 0.2) is 40.5 Å². The van der Waals surface area contributed by atoms with Crippen molar-refractivity contribution in [2.24, 2.45) is 5.41 Å². The number of nitrogens with one attached hydrogen (secondary N) is 1. The fraction of sp³-hybridized carbons (Fsp3) is 0.409. The Balaban J connectivity index is 1.80. The van der Waals surface area contributed by atoms with Gasteiger partial charge in [0.05, 0.1) is 22.4 Å². The number of fused-ring (bicyclic) bond motifs is 1. The number of aromatic nitrogens is 1. The molecule has 0 spiro atoms. The number of amides is 1. The topological polar surface area (TPSA) is 106 Å². The van der Waals surface area contributed by atoms with Crippen LogP contribution in [0.4, 0.5) is 5.69 Å². The molecule has 152 valence electrons. The third-order valence-corrected chi connectivity index (χ3v) is 6.57. The van der Waals surface area contributed by atoms with Gasteiger partial charge in [0.25, 0.3) is 0 Å². The van der Waals surface area contributed by atoms with Gasteiger partial charge in [-0.25, -0.2) is 4.98 Å². The van der Waals surface area contributed by atoms with Crippen LogP contribution in [0.1, 0.15) is 46.0 Å². The molecule has 2 atom stereocenters. The normalized spacial score (nSPS) is 20.2. The number of carbonyl (C=O) groups excluding carboxylic acids is 1. The Morgan fingerprint density at radius 1 is 1.21 bits per heavy atom. The van der Waals surface area contributed by atoms with Gasteiger partial charge >= 0.3 is 0 Å². The molecular weight excluding hydrogens is 386 g/mol. The summed E-state index contributed by atoms with van der Waals surface area (Å²) in [4.78, 5) is 16.9. The van der Waals surface area contributed by atoms with Crippen molar-refractivity contribution in [2.45, 2.75) is 53.2 Å². The Bertz CT molecular complexity index is 1090. The summed E-state index contributed by atoms with van der Waals surface area (Å²) in [6, 6.07) is 7.37. The molecule has 1 aliphatic rings. The van der Waals surface area contributed by atoms with Crippen LogP contribution in [0.5, 0.6) is 0 Å². The van der Waals surface area contributed by atoms with Gasteiger partial charge in [0.2, 0.25) is 5.91 Å². The van der Waals surface area contributed by atoms with E-state index < -0.39 is 17.6 Å². The molecule has 1 aliphatic carbocycles. The lowest BCUT2D eigenvalue weighted by Crippen LogP contribution is -2.36. The van der Waals surface area contributed by atoms with E-state index in [2.05, 4.69) is 10.3 Å². The molecule has 0 radical (unpaired) electrons. The van der Waals surface area contributed by atoms with Gasteiger partial charge in [-0.2, -0.15) is 5.26 Å². The minimum absolute atomic E-state index is 0.153. The smallest absolute Gasteiger partial charge is 0.225 e. The van der Waals surface area contributed by atoms with Crippen LogP contribution < -0.4 is 5.32 Å². The molecule has 29 heavy (non-hydrogen) atoms. The standard InChI is InChI=1S/C22H25N3O3S/c1-11-12(2)21(28)19(13(3)20(11)27)22(4,5)9-17(26)24-14-6-7-15-16(8-14)29-18(10-23)25-15/h6-8,20-21,27-28H,9H2,1-5H3,(H,24,26). The van der Waals surface area contributed by atoms with E-state index in [-0.39, 0.29) is 12.3 Å². The SMILES string of the molecule is CC1=C(C)C(O)C(C(C)(C)CC(=O)Nc2ccc3nc(C#N)sc3c2)=C(C)C1O. The van der Waals surface area contributed by atoms with Gasteiger partial charge in [0.1, 0.15) is 6.07 Å². The Hall–Kier alpha value is -2.53. The van der Waals surface area contributed by atoms with Gasteiger partial charge in [-0.15, -0.1) is 11.3 Å². The van der Waals surface area contributed by atoms with Crippen molar-refractivity contribution in [3.63, 3.8) is 0 Å². The fourth-order valence-corrected chi connectivity index (χ4v) is 4.79. The van der Waals surface area contributed by atoms with E-state index in [4.69, 9.17) is 5.26 Å². The molecule has 7 heteroatoms. The number of nitriles is 1. The van der Waals surface area contributed by atoms with Crippen LogP contribution in [-0.4, -0.2) is 33.3 Å². The summed E-state index contributed by atoms with van der Waals surface area (Å²) >= 11 is 1.28. The molecule has 0 aliphatic heterocycles. The lowest BCUT2D eigenvalue weighted by Gasteiger charge is -2.38. The molecule has 3 rings (SSSR count). The Morgan fingerprint density at radius 2 is 1.86 bits per heavy atom. The molecule has 0 saturated carbocycles. The molecule has 3 N–H and O–H groups in total. The number of aliphatic hydroxyl groups excluding tert-OH is 2. The third kappa shape index (κ3) is 3.97. The molecule has 1 aromatic carbocycles. The zero-order valence-corrected chi connectivity index (χ0v) is 18.0. The number of nitrogens with zero attached hydrogens (tertiary/aromatic N) is 2. The molecule has 1 heterocycles. The zero-order valence-electron chi connectivity index (χ0n) is 17.2. The number of hydrogen-bond acceptors (Lipinski definition) is 6. The van der Waals surface area contributed by atoms with Crippen molar-refractivity contribution in [1.29, 1.82) is 5.26 Å². The summed E-state index contributed by atoms with van der Waals surface area (Å²) in [5.74, 6) is -0.190. The fourth-order valence-electron chi connectivity index (χ4n) is 3.99. The summed E-state index contributed by atoms with van der Waals surface area (Å²) in [6.45, 7) is 9.24. The second kappa shape index (κ2) is 7.71. The number of thiazole rings is 1. The highest BCUT2D eigenvalue weighted by atomic mass is 32.1. The maximum Gasteiger partial charge on any atom is 0.225 e. The van der Waals surface area contributed by atoms with E-state index >= 15 is 0 Å². The van der Waals surface area contributed by atoms with E-state index in [1.54, 1.807) is 18.2 Å². The Morgan fingerprint density at radius 3 is 2.52 bits per heavy atom. The van der Waals surface area contributed by atoms with Gasteiger partial charge in [-0.3, -0.25) is 4.79 Å². The van der Waals surface area contributed by atoms with Crippen LogP contribution in [0.3, 0.4) is 0 Å². The highest BCUT2D eigenvalue weighted by molar-refractivity contribution is 7.19. The zero-order chi connectivity index (χ0) is 21.5. The second-order valence-electron chi connectivity index (χ2n) is 8.19. The first-order chi connectivity index (χ1) is 13.5. The first kappa shape index (κ1) is 21.2. The van der Waals surface area contributed by atoms with E-state index in [0.717, 1.165) is 21.4 Å². The number of carbonyl (C=O) groups is 1. The molecule has 2 aromatic rings. The quantitative estimate of drug-likeness (QED) is 0.662. The number of benzene rings is 1. The molecule has 0 saturated heterocycles. The Labute approximate surface area is 174 Å². The van der Waals surface area contributed by atoms with Crippen molar-refractivity contribution < 1.29 is 15.0 Å². The largest absolute Gasteiger partial charge is 0.384 e. The van der Waals surface area contributed by atoms with Gasteiger partial charge < -0.3 is 15.5 Å². The van der Waals surface area contributed by atoms with E-state index in [0.29, 0.717) is 21.8 Å². The van der Waals surface area contributed by atoms with Crippen molar-refractivity contribution in [3.05, 3.63) is 45.5 Å². The Kier molecular flexibility index (Phi) is 5.63. The van der Waals surface area contributed by atoms with E-state index in [1.807, 2.05) is 40.7 Å². The molecular formula is C22H25N3O3S. The highest BCUT2D eigenvalue weighted by Crippen LogP contribution is 2.42. The average molecular weight is 412 g/mol. The van der Waals surface area contributed by atoms with Crippen molar-refractivity contribution in [3.8, 4) is 6.07 Å². The summed E-state index contributed by atoms with van der Waals surface area (Å²) in [6.07, 6.45) is -1.39. The lowest BCUT2D eigenvalue weighted by atomic mass is 9.70. The second-order valence-corrected chi connectivity index (χ2v) is 9.22. The molecule has 2 unspecified atom stereocenters. The third-order valence-electron chi connectivity index (χ3n) is 5.65. The molecule has 1 amide bonds. The molecule has 0 bridgehead atoms. The minimum Gasteiger partial charge on any atom is -0.384 e. The van der Waals surface area contributed by atoms with Crippen LogP contribution in [0, 0.1) is 16.7 Å². The van der Waals surface area contributed by atoms with Crippen molar-refractivity contribution in [1.82, 2.24) is 4.98 Å². The molecule has 1 aromatic heterocycles. The first-order valence-electron chi connectivity index (χ1n) is 9.40. The van der Waals surface area contributed by atoms with Gasteiger partial charge in [-0.1, -0.05) is 13.8 Å². The average Bonchev–Trinajstić information content (AvgIpc) is 3.06. The van der Waals surface area contributed by atoms with Gasteiger partial charge in [-0.05, 0) is 66.7 Å². The van der Waals surface area contributed by atoms with Crippen LogP contribution in [0.25, 0.3) is 10.2 Å². The first-order valence-corrected chi connectivity index (χ1v) is 10.2. The minimum atomic E-state index is -0.806. The lowest BCUT2D eigenvalue weighted by molar-refractivity contribution is -0.117. The molecule has 6 nitrogen and oxygen atoms in total. The summed E-state index contributed by atoms with van der Waals surface area (Å²) < 4.78 is 0.833. The van der Waals surface area contributed by atoms with E-state index in [9.17, 15) is 15.0 Å². The number of anilines is 1. The summed E-state index contributed by atoms with van der Waals surface area (Å²) in [5, 5.41) is 33.6. The van der Waals surface area contributed by atoms with Gasteiger partial charge in [0, 0.05) is 12.1 Å². The predicted molar refractivity (Wildman–Crippen MR) is 114 cm³/mol. The van der Waals surface area contributed by atoms with Gasteiger partial charge in [0.15, 0.2) is 5.01 Å². The predicted octanol–water partition coefficient (Wildman–Crippen LogP) is 3.91. The maximum absolute atomic E-state index is 12.8. The van der Waals surface area contributed by atoms with Crippen LogP contribution in [-0.2, 0) is 4.79 Å². The van der Waals surface area contributed by atoms with Crippen LogP contribution >= 0.6 is 11.3 Å². The monoisotopic (exact) mass is 411 g/mol. The summed E-state index contributed by atoms with van der Waals surface area (Å²) in [7, 11) is 0.